The molecule has 0 aromatic heterocycles. The van der Waals surface area contributed by atoms with Crippen molar-refractivity contribution in [1.82, 2.24) is 9.80 Å². The summed E-state index contributed by atoms with van der Waals surface area (Å²) in [6, 6.07) is 2.13. The van der Waals surface area contributed by atoms with Crippen LogP contribution in [0.3, 0.4) is 0 Å². The van der Waals surface area contributed by atoms with Crippen molar-refractivity contribution in [2.75, 3.05) is 34.7 Å². The van der Waals surface area contributed by atoms with Crippen LogP contribution < -0.4 is 5.73 Å². The number of hydrogen-bond donors (Lipinski definition) is 5. The molecule has 0 unspecified atom stereocenters. The Balaban J connectivity index is 1.88. The minimum atomic E-state index is -2.65. The molecule has 3 aliphatic rings. The van der Waals surface area contributed by atoms with E-state index in [2.05, 4.69) is 4.90 Å². The Morgan fingerprint density at radius 1 is 1.10 bits per heavy atom. The SMILES string of the molecule is C/C(=C\C=C(/C)c1ccc(O)c2c1C[C@H]1C[C@H]3[C@H](N(C)C)C(O)=C(C(N)=O)C(=O)[C@@]3(O)C(O)=C1C2=O)CN(C)C. The molecule has 0 fully saturated rings. The van der Waals surface area contributed by atoms with Gasteiger partial charge in [-0.2, -0.15) is 0 Å². The second-order valence-corrected chi connectivity index (χ2v) is 11.5. The van der Waals surface area contributed by atoms with E-state index in [-0.39, 0.29) is 29.7 Å². The van der Waals surface area contributed by atoms with Crippen LogP contribution in [0.25, 0.3) is 5.57 Å². The lowest BCUT2D eigenvalue weighted by atomic mass is 9.58. The Bertz CT molecular complexity index is 1430. The van der Waals surface area contributed by atoms with Crippen molar-refractivity contribution >= 4 is 23.0 Å². The number of likely N-dealkylation sites (N-methyl/N-ethyl adjacent to an activating group) is 2. The van der Waals surface area contributed by atoms with Crippen LogP contribution in [0.5, 0.6) is 5.75 Å². The van der Waals surface area contributed by atoms with Crippen LogP contribution in [-0.4, -0.2) is 94.1 Å². The first-order chi connectivity index (χ1) is 18.6. The summed E-state index contributed by atoms with van der Waals surface area (Å²) in [7, 11) is 7.16. The number of fused-ring (bicyclic) bond motifs is 3. The Morgan fingerprint density at radius 2 is 1.75 bits per heavy atom. The van der Waals surface area contributed by atoms with Crippen molar-refractivity contribution in [2.45, 2.75) is 38.3 Å². The van der Waals surface area contributed by atoms with Gasteiger partial charge in [-0.25, -0.2) is 0 Å². The Kier molecular flexibility index (Phi) is 7.57. The van der Waals surface area contributed by atoms with E-state index in [1.54, 1.807) is 20.2 Å². The zero-order chi connectivity index (χ0) is 29.8. The molecule has 3 aliphatic carbocycles. The number of carbonyl (C=O) groups excluding carboxylic acids is 3. The lowest BCUT2D eigenvalue weighted by Crippen LogP contribution is -2.63. The number of Topliss-reactive ketones (excluding diaryl/α,β-unsaturated/α-hetero) is 2. The van der Waals surface area contributed by atoms with Gasteiger partial charge in [-0.1, -0.05) is 23.8 Å². The number of ketones is 2. The van der Waals surface area contributed by atoms with Crippen LogP contribution >= 0.6 is 0 Å². The zero-order valence-corrected chi connectivity index (χ0v) is 23.6. The number of aliphatic hydroxyl groups is 3. The number of benzene rings is 1. The summed E-state index contributed by atoms with van der Waals surface area (Å²) in [5.74, 6) is -6.62. The lowest BCUT2D eigenvalue weighted by Gasteiger charge is -2.50. The molecule has 0 bridgehead atoms. The maximum absolute atomic E-state index is 13.9. The van der Waals surface area contributed by atoms with E-state index in [0.717, 1.165) is 23.3 Å². The van der Waals surface area contributed by atoms with Gasteiger partial charge in [0.15, 0.2) is 11.4 Å². The van der Waals surface area contributed by atoms with Crippen LogP contribution in [0.15, 0.2) is 52.5 Å². The average Bonchev–Trinajstić information content (AvgIpc) is 2.84. The van der Waals surface area contributed by atoms with Crippen molar-refractivity contribution in [1.29, 1.82) is 0 Å². The highest BCUT2D eigenvalue weighted by Gasteiger charge is 2.63. The lowest BCUT2D eigenvalue weighted by molar-refractivity contribution is -0.148. The number of phenols is 1. The second-order valence-electron chi connectivity index (χ2n) is 11.5. The van der Waals surface area contributed by atoms with E-state index in [4.69, 9.17) is 5.73 Å². The Labute approximate surface area is 233 Å². The predicted octanol–water partition coefficient (Wildman–Crippen LogP) is 2.03. The number of amides is 1. The number of allylic oxidation sites excluding steroid dienone is 4. The minimum absolute atomic E-state index is 0.0000232. The molecule has 0 heterocycles. The van der Waals surface area contributed by atoms with Crippen molar-refractivity contribution in [3.63, 3.8) is 0 Å². The summed E-state index contributed by atoms with van der Waals surface area (Å²) in [5, 5.41) is 44.7. The molecular formula is C30H37N3O7. The van der Waals surface area contributed by atoms with Crippen molar-refractivity contribution < 1.29 is 34.8 Å². The zero-order valence-electron chi connectivity index (χ0n) is 23.6. The molecular weight excluding hydrogens is 514 g/mol. The fraction of sp³-hybridized carbons (Fsp3) is 0.433. The van der Waals surface area contributed by atoms with Crippen LogP contribution in [-0.2, 0) is 16.0 Å². The molecule has 0 saturated heterocycles. The Hall–Kier alpha value is -3.73. The van der Waals surface area contributed by atoms with Crippen LogP contribution in [0.2, 0.25) is 0 Å². The van der Waals surface area contributed by atoms with Gasteiger partial charge in [0.25, 0.3) is 5.91 Å². The van der Waals surface area contributed by atoms with Crippen molar-refractivity contribution in [2.24, 2.45) is 17.6 Å². The number of phenolic OH excluding ortho intramolecular Hbond substituents is 1. The summed E-state index contributed by atoms with van der Waals surface area (Å²) >= 11 is 0. The highest BCUT2D eigenvalue weighted by molar-refractivity contribution is 6.24. The molecule has 6 N–H and O–H groups in total. The third kappa shape index (κ3) is 4.46. The van der Waals surface area contributed by atoms with Crippen molar-refractivity contribution in [3.05, 3.63) is 69.2 Å². The average molecular weight is 552 g/mol. The number of primary amides is 1. The molecule has 1 aromatic rings. The van der Waals surface area contributed by atoms with Gasteiger partial charge >= 0.3 is 0 Å². The molecule has 0 aliphatic heterocycles. The number of nitrogens with zero attached hydrogens (tertiary/aromatic N) is 2. The van der Waals surface area contributed by atoms with E-state index < -0.39 is 58.0 Å². The van der Waals surface area contributed by atoms with Gasteiger partial charge in [-0.3, -0.25) is 19.3 Å². The molecule has 10 heteroatoms. The summed E-state index contributed by atoms with van der Waals surface area (Å²) in [4.78, 5) is 42.9. The van der Waals surface area contributed by atoms with Crippen LogP contribution in [0, 0.1) is 11.8 Å². The fourth-order valence-electron chi connectivity index (χ4n) is 6.53. The smallest absolute Gasteiger partial charge is 0.255 e. The van der Waals surface area contributed by atoms with Gasteiger partial charge in [0.1, 0.15) is 22.8 Å². The first-order valence-electron chi connectivity index (χ1n) is 13.1. The third-order valence-electron chi connectivity index (χ3n) is 8.21. The molecule has 10 nitrogen and oxygen atoms in total. The first-order valence-corrected chi connectivity index (χ1v) is 13.1. The highest BCUT2D eigenvalue weighted by atomic mass is 16.3. The van der Waals surface area contributed by atoms with Crippen LogP contribution in [0.4, 0.5) is 0 Å². The van der Waals surface area contributed by atoms with Gasteiger partial charge in [-0.15, -0.1) is 0 Å². The third-order valence-corrected chi connectivity index (χ3v) is 8.21. The number of hydrogen-bond acceptors (Lipinski definition) is 9. The van der Waals surface area contributed by atoms with Crippen molar-refractivity contribution in [3.8, 4) is 5.75 Å². The molecule has 4 atom stereocenters. The van der Waals surface area contributed by atoms with Gasteiger partial charge in [0.05, 0.1) is 11.6 Å². The van der Waals surface area contributed by atoms with Crippen LogP contribution in [0.1, 0.15) is 41.8 Å². The van der Waals surface area contributed by atoms with E-state index in [1.165, 1.54) is 11.0 Å². The molecule has 40 heavy (non-hydrogen) atoms. The van der Waals surface area contributed by atoms with E-state index in [9.17, 15) is 34.8 Å². The number of nitrogens with two attached hydrogens (primary N) is 1. The Morgan fingerprint density at radius 3 is 2.33 bits per heavy atom. The standard InChI is InChI=1S/C30H37N3O7/c1-14(13-32(3)4)7-8-15(2)17-9-10-20(34)22-18(17)11-16-12-19-24(33(5)6)26(36)23(29(31)39)28(38)30(19,40)27(37)21(16)25(22)35/h7-10,16,19,24,34,36-37,40H,11-13H2,1-6H3,(H2,31,39)/b14-7+,15-8+/t16-,19-,24-,30-/m0/s1. The molecule has 1 aromatic carbocycles. The number of carbonyl (C=O) groups is 3. The van der Waals surface area contributed by atoms with Gasteiger partial charge in [-0.05, 0) is 83.6 Å². The topological polar surface area (TPSA) is 165 Å². The quantitative estimate of drug-likeness (QED) is 0.263. The largest absolute Gasteiger partial charge is 0.510 e. The maximum atomic E-state index is 13.9. The number of aliphatic hydroxyl groups excluding tert-OH is 2. The monoisotopic (exact) mass is 551 g/mol. The van der Waals surface area contributed by atoms with E-state index >= 15 is 0 Å². The summed E-state index contributed by atoms with van der Waals surface area (Å²) < 4.78 is 0. The molecule has 0 radical (unpaired) electrons. The van der Waals surface area contributed by atoms with Gasteiger partial charge in [0, 0.05) is 18.0 Å². The number of aromatic hydroxyl groups is 1. The first kappa shape index (κ1) is 29.3. The molecule has 214 valence electrons. The molecule has 0 spiro atoms. The normalized spacial score (nSPS) is 27.3. The van der Waals surface area contributed by atoms with Gasteiger partial charge in [0.2, 0.25) is 5.78 Å². The van der Waals surface area contributed by atoms with E-state index in [0.29, 0.717) is 5.56 Å². The second kappa shape index (κ2) is 10.3. The molecule has 4 rings (SSSR count). The molecule has 0 saturated carbocycles. The minimum Gasteiger partial charge on any atom is -0.510 e. The predicted molar refractivity (Wildman–Crippen MR) is 150 cm³/mol. The van der Waals surface area contributed by atoms with Gasteiger partial charge < -0.3 is 31.1 Å². The highest BCUT2D eigenvalue weighted by Crippen LogP contribution is 2.52. The number of rotatable bonds is 6. The maximum Gasteiger partial charge on any atom is 0.255 e. The van der Waals surface area contributed by atoms with E-state index in [1.807, 2.05) is 40.1 Å². The summed E-state index contributed by atoms with van der Waals surface area (Å²) in [5.41, 5.74) is 5.10. The molecule has 1 amide bonds. The fourth-order valence-corrected chi connectivity index (χ4v) is 6.53. The summed E-state index contributed by atoms with van der Waals surface area (Å²) in [6.45, 7) is 4.71. The summed E-state index contributed by atoms with van der Waals surface area (Å²) in [6.07, 6.45) is 4.24.